The van der Waals surface area contributed by atoms with E-state index in [9.17, 15) is 13.2 Å². The summed E-state index contributed by atoms with van der Waals surface area (Å²) in [5.74, 6) is 1.31. The number of fused-ring (bicyclic) bond motifs is 2. The number of sulfone groups is 1. The maximum atomic E-state index is 12.9. The molecule has 1 aliphatic heterocycles. The number of nitrogens with zero attached hydrogens (tertiary/aromatic N) is 3. The minimum absolute atomic E-state index is 0.00791. The maximum Gasteiger partial charge on any atom is 0.242 e. The molecule has 0 saturated carbocycles. The molecule has 1 aliphatic rings. The molecule has 0 bridgehead atoms. The number of carbonyl (C=O) groups is 1. The second-order valence-electron chi connectivity index (χ2n) is 7.44. The van der Waals surface area contributed by atoms with Crippen LogP contribution in [-0.4, -0.2) is 61.3 Å². The molecule has 0 fully saturated rings. The predicted molar refractivity (Wildman–Crippen MR) is 112 cm³/mol. The van der Waals surface area contributed by atoms with Gasteiger partial charge < -0.3 is 18.9 Å². The van der Waals surface area contributed by atoms with Crippen LogP contribution in [0, 0.1) is 0 Å². The fourth-order valence-electron chi connectivity index (χ4n) is 3.46. The Labute approximate surface area is 174 Å². The van der Waals surface area contributed by atoms with Gasteiger partial charge in [-0.25, -0.2) is 13.4 Å². The first-order valence-corrected chi connectivity index (χ1v) is 11.6. The van der Waals surface area contributed by atoms with Crippen molar-refractivity contribution in [1.82, 2.24) is 14.5 Å². The summed E-state index contributed by atoms with van der Waals surface area (Å²) in [6.07, 6.45) is 0.868. The summed E-state index contributed by atoms with van der Waals surface area (Å²) >= 11 is 0. The Morgan fingerprint density at radius 2 is 1.87 bits per heavy atom. The Bertz CT molecular complexity index is 1190. The average molecular weight is 429 g/mol. The quantitative estimate of drug-likeness (QED) is 0.594. The number of amides is 1. The van der Waals surface area contributed by atoms with E-state index in [-0.39, 0.29) is 24.3 Å². The maximum absolute atomic E-state index is 12.9. The van der Waals surface area contributed by atoms with Crippen LogP contribution in [0.5, 0.6) is 11.5 Å². The summed E-state index contributed by atoms with van der Waals surface area (Å²) in [6.45, 7) is 0.690. The van der Waals surface area contributed by atoms with Crippen LogP contribution in [0.2, 0.25) is 0 Å². The number of hydrogen-bond donors (Lipinski definition) is 0. The van der Waals surface area contributed by atoms with Crippen molar-refractivity contribution in [3.05, 3.63) is 54.4 Å². The third-order valence-corrected chi connectivity index (χ3v) is 5.67. The van der Waals surface area contributed by atoms with Crippen LogP contribution in [0.4, 0.5) is 0 Å². The van der Waals surface area contributed by atoms with Gasteiger partial charge in [0, 0.05) is 13.3 Å². The zero-order chi connectivity index (χ0) is 21.3. The van der Waals surface area contributed by atoms with Gasteiger partial charge in [-0.15, -0.1) is 0 Å². The van der Waals surface area contributed by atoms with Crippen molar-refractivity contribution >= 4 is 26.8 Å². The highest BCUT2D eigenvalue weighted by Crippen LogP contribution is 2.31. The van der Waals surface area contributed by atoms with E-state index < -0.39 is 9.84 Å². The molecular formula is C21H23N3O5S. The zero-order valence-electron chi connectivity index (χ0n) is 16.8. The molecule has 0 spiro atoms. The van der Waals surface area contributed by atoms with Gasteiger partial charge in [-0.2, -0.15) is 0 Å². The van der Waals surface area contributed by atoms with Crippen molar-refractivity contribution in [2.45, 2.75) is 18.4 Å². The lowest BCUT2D eigenvalue weighted by Crippen LogP contribution is -2.42. The Morgan fingerprint density at radius 1 is 1.17 bits per heavy atom. The van der Waals surface area contributed by atoms with Gasteiger partial charge in [0.15, 0.2) is 27.4 Å². The molecule has 4 rings (SSSR count). The van der Waals surface area contributed by atoms with Crippen LogP contribution < -0.4 is 9.47 Å². The van der Waals surface area contributed by atoms with E-state index in [0.717, 1.165) is 11.8 Å². The third-order valence-electron chi connectivity index (χ3n) is 4.89. The molecule has 1 aromatic heterocycles. The molecular weight excluding hydrogens is 406 g/mol. The SMILES string of the molecule is CN(CC1COc2ccccc2O1)C(=O)Cn1c(CS(C)(=O)=O)nc2ccccc21. The third kappa shape index (κ3) is 4.40. The second kappa shape index (κ2) is 7.98. The molecule has 1 atom stereocenters. The minimum Gasteiger partial charge on any atom is -0.486 e. The van der Waals surface area contributed by atoms with Gasteiger partial charge in [-0.1, -0.05) is 24.3 Å². The fraction of sp³-hybridized carbons (Fsp3) is 0.333. The average Bonchev–Trinajstić information content (AvgIpc) is 3.03. The van der Waals surface area contributed by atoms with Crippen molar-refractivity contribution in [2.75, 3.05) is 26.5 Å². The first-order chi connectivity index (χ1) is 14.3. The lowest BCUT2D eigenvalue weighted by atomic mass is 10.2. The molecule has 0 N–H and O–H groups in total. The topological polar surface area (TPSA) is 90.7 Å². The minimum atomic E-state index is -3.30. The van der Waals surface area contributed by atoms with Crippen LogP contribution >= 0.6 is 0 Å². The summed E-state index contributed by atoms with van der Waals surface area (Å²) in [5, 5.41) is 0. The largest absolute Gasteiger partial charge is 0.486 e. The molecule has 1 amide bonds. The van der Waals surface area contributed by atoms with Gasteiger partial charge in [0.05, 0.1) is 17.6 Å². The summed E-state index contributed by atoms with van der Waals surface area (Å²) in [7, 11) is -1.60. The van der Waals surface area contributed by atoms with Gasteiger partial charge in [0.1, 0.15) is 24.7 Å². The predicted octanol–water partition coefficient (Wildman–Crippen LogP) is 1.88. The van der Waals surface area contributed by atoms with Gasteiger partial charge in [0.2, 0.25) is 5.91 Å². The van der Waals surface area contributed by atoms with E-state index in [1.807, 2.05) is 42.5 Å². The van der Waals surface area contributed by atoms with Crippen molar-refractivity contribution < 1.29 is 22.7 Å². The first kappa shape index (κ1) is 20.2. The van der Waals surface area contributed by atoms with E-state index in [2.05, 4.69) is 4.98 Å². The number of imidazole rings is 1. The Balaban J connectivity index is 1.49. The standard InChI is InChI=1S/C21H23N3O5S/c1-23(11-15-13-28-18-9-5-6-10-19(18)29-15)21(25)12-24-17-8-4-3-7-16(17)22-20(24)14-30(2,26)27/h3-10,15H,11-14H2,1-2H3. The number of hydrogen-bond acceptors (Lipinski definition) is 6. The molecule has 0 aliphatic carbocycles. The van der Waals surface area contributed by atoms with Gasteiger partial charge in [0.25, 0.3) is 0 Å². The summed E-state index contributed by atoms with van der Waals surface area (Å²) in [4.78, 5) is 18.9. The molecule has 3 aromatic rings. The van der Waals surface area contributed by atoms with Crippen LogP contribution in [0.15, 0.2) is 48.5 Å². The van der Waals surface area contributed by atoms with Crippen molar-refractivity contribution in [1.29, 1.82) is 0 Å². The van der Waals surface area contributed by atoms with Crippen molar-refractivity contribution in [3.63, 3.8) is 0 Å². The molecule has 8 nitrogen and oxygen atoms in total. The van der Waals surface area contributed by atoms with Gasteiger partial charge >= 0.3 is 0 Å². The number of ether oxygens (including phenoxy) is 2. The molecule has 0 radical (unpaired) electrons. The summed E-state index contributed by atoms with van der Waals surface area (Å²) in [5.41, 5.74) is 1.39. The molecule has 0 saturated heterocycles. The van der Waals surface area contributed by atoms with Crippen LogP contribution in [-0.2, 0) is 26.9 Å². The fourth-order valence-corrected chi connectivity index (χ4v) is 4.15. The highest BCUT2D eigenvalue weighted by Gasteiger charge is 2.25. The molecule has 9 heteroatoms. The smallest absolute Gasteiger partial charge is 0.242 e. The number of rotatable bonds is 6. The monoisotopic (exact) mass is 429 g/mol. The Morgan fingerprint density at radius 3 is 2.63 bits per heavy atom. The molecule has 158 valence electrons. The summed E-state index contributed by atoms with van der Waals surface area (Å²) < 4.78 is 37.0. The summed E-state index contributed by atoms with van der Waals surface area (Å²) in [6, 6.07) is 14.7. The highest BCUT2D eigenvalue weighted by molar-refractivity contribution is 7.89. The number of carbonyl (C=O) groups excluding carboxylic acids is 1. The van der Waals surface area contributed by atoms with E-state index in [1.54, 1.807) is 22.6 Å². The molecule has 2 aromatic carbocycles. The van der Waals surface area contributed by atoms with Gasteiger partial charge in [-0.05, 0) is 24.3 Å². The number of para-hydroxylation sites is 4. The second-order valence-corrected chi connectivity index (χ2v) is 9.59. The lowest BCUT2D eigenvalue weighted by Gasteiger charge is -2.29. The van der Waals surface area contributed by atoms with Gasteiger partial charge in [-0.3, -0.25) is 4.79 Å². The van der Waals surface area contributed by atoms with E-state index in [4.69, 9.17) is 9.47 Å². The molecule has 1 unspecified atom stereocenters. The first-order valence-electron chi connectivity index (χ1n) is 9.54. The van der Waals surface area contributed by atoms with Crippen molar-refractivity contribution in [2.24, 2.45) is 0 Å². The number of benzene rings is 2. The van der Waals surface area contributed by atoms with E-state index in [1.165, 1.54) is 0 Å². The number of aromatic nitrogens is 2. The van der Waals surface area contributed by atoms with Crippen LogP contribution in [0.1, 0.15) is 5.82 Å². The molecule has 30 heavy (non-hydrogen) atoms. The lowest BCUT2D eigenvalue weighted by molar-refractivity contribution is -0.131. The number of likely N-dealkylation sites (N-methyl/N-ethyl adjacent to an activating group) is 1. The van der Waals surface area contributed by atoms with Crippen LogP contribution in [0.25, 0.3) is 11.0 Å². The van der Waals surface area contributed by atoms with E-state index in [0.29, 0.717) is 36.0 Å². The normalized spacial score (nSPS) is 15.9. The molecule has 2 heterocycles. The zero-order valence-corrected chi connectivity index (χ0v) is 17.6. The van der Waals surface area contributed by atoms with Crippen LogP contribution in [0.3, 0.4) is 0 Å². The Hall–Kier alpha value is -3.07. The van der Waals surface area contributed by atoms with E-state index >= 15 is 0 Å². The van der Waals surface area contributed by atoms with Crippen molar-refractivity contribution in [3.8, 4) is 11.5 Å². The highest BCUT2D eigenvalue weighted by atomic mass is 32.2. The Kier molecular flexibility index (Phi) is 5.38.